The van der Waals surface area contributed by atoms with Crippen molar-refractivity contribution in [1.82, 2.24) is 0 Å². The Labute approximate surface area is 125 Å². The summed E-state index contributed by atoms with van der Waals surface area (Å²) in [7, 11) is -1.55. The van der Waals surface area contributed by atoms with Crippen LogP contribution in [0, 0.1) is 6.92 Å². The highest BCUT2D eigenvalue weighted by atomic mass is 32.2. The van der Waals surface area contributed by atoms with Crippen LogP contribution in [0.1, 0.15) is 22.7 Å². The van der Waals surface area contributed by atoms with Crippen molar-refractivity contribution in [2.24, 2.45) is 5.73 Å². The van der Waals surface area contributed by atoms with Crippen LogP contribution in [0.2, 0.25) is 0 Å². The van der Waals surface area contributed by atoms with Gasteiger partial charge in [-0.3, -0.25) is 0 Å². The molecule has 5 heteroatoms. The SMILES string of the molecule is COc1ccc(C(N)c2ccc(S(C)(=O)=O)cc2)cc1C. The Morgan fingerprint density at radius 2 is 1.62 bits per heavy atom. The summed E-state index contributed by atoms with van der Waals surface area (Å²) in [5, 5.41) is 0. The Morgan fingerprint density at radius 1 is 1.05 bits per heavy atom. The second-order valence-electron chi connectivity index (χ2n) is 5.05. The van der Waals surface area contributed by atoms with Gasteiger partial charge in [0.2, 0.25) is 0 Å². The van der Waals surface area contributed by atoms with E-state index < -0.39 is 9.84 Å². The van der Waals surface area contributed by atoms with Gasteiger partial charge < -0.3 is 10.5 Å². The van der Waals surface area contributed by atoms with Gasteiger partial charge in [0.1, 0.15) is 5.75 Å². The van der Waals surface area contributed by atoms with Crippen molar-refractivity contribution in [3.8, 4) is 5.75 Å². The normalized spacial score (nSPS) is 13.0. The molecule has 2 aromatic rings. The van der Waals surface area contributed by atoms with E-state index in [0.717, 1.165) is 22.4 Å². The topological polar surface area (TPSA) is 69.4 Å². The third-order valence-corrected chi connectivity index (χ3v) is 4.57. The quantitative estimate of drug-likeness (QED) is 0.942. The van der Waals surface area contributed by atoms with Crippen LogP contribution < -0.4 is 10.5 Å². The maximum Gasteiger partial charge on any atom is 0.175 e. The highest BCUT2D eigenvalue weighted by Gasteiger charge is 2.12. The minimum atomic E-state index is -3.18. The summed E-state index contributed by atoms with van der Waals surface area (Å²) in [5.41, 5.74) is 9.08. The number of sulfone groups is 1. The fourth-order valence-corrected chi connectivity index (χ4v) is 2.84. The maximum atomic E-state index is 11.5. The van der Waals surface area contributed by atoms with Gasteiger partial charge >= 0.3 is 0 Å². The lowest BCUT2D eigenvalue weighted by atomic mass is 9.98. The van der Waals surface area contributed by atoms with Crippen LogP contribution in [0.25, 0.3) is 0 Å². The number of hydrogen-bond donors (Lipinski definition) is 1. The Morgan fingerprint density at radius 3 is 2.10 bits per heavy atom. The largest absolute Gasteiger partial charge is 0.496 e. The summed E-state index contributed by atoms with van der Waals surface area (Å²) in [5.74, 6) is 0.818. The Kier molecular flexibility index (Phi) is 4.34. The van der Waals surface area contributed by atoms with Gasteiger partial charge in [-0.15, -0.1) is 0 Å². The number of nitrogens with two attached hydrogens (primary N) is 1. The molecule has 0 heterocycles. The molecule has 0 radical (unpaired) electrons. The summed E-state index contributed by atoms with van der Waals surface area (Å²) >= 11 is 0. The Bertz CT molecular complexity index is 737. The first-order valence-corrected chi connectivity index (χ1v) is 8.42. The van der Waals surface area contributed by atoms with Gasteiger partial charge in [0, 0.05) is 6.26 Å². The molecular weight excluding hydrogens is 286 g/mol. The fraction of sp³-hybridized carbons (Fsp3) is 0.250. The smallest absolute Gasteiger partial charge is 0.175 e. The molecule has 0 aliphatic rings. The molecule has 0 aromatic heterocycles. The van der Waals surface area contributed by atoms with Gasteiger partial charge in [0.25, 0.3) is 0 Å². The van der Waals surface area contributed by atoms with Gasteiger partial charge in [0.15, 0.2) is 9.84 Å². The Hall–Kier alpha value is -1.85. The molecule has 0 saturated heterocycles. The summed E-state index contributed by atoms with van der Waals surface area (Å²) in [6, 6.07) is 12.1. The number of aryl methyl sites for hydroxylation is 1. The zero-order chi connectivity index (χ0) is 15.6. The minimum Gasteiger partial charge on any atom is -0.496 e. The number of hydrogen-bond acceptors (Lipinski definition) is 4. The van der Waals surface area contributed by atoms with Crippen LogP contribution in [0.4, 0.5) is 0 Å². The van der Waals surface area contributed by atoms with E-state index in [1.165, 1.54) is 6.26 Å². The lowest BCUT2D eigenvalue weighted by Gasteiger charge is -2.15. The first kappa shape index (κ1) is 15.5. The molecule has 0 aliphatic carbocycles. The van der Waals surface area contributed by atoms with Crippen LogP contribution in [0.5, 0.6) is 5.75 Å². The predicted molar refractivity (Wildman–Crippen MR) is 83.3 cm³/mol. The van der Waals surface area contributed by atoms with Crippen LogP contribution >= 0.6 is 0 Å². The van der Waals surface area contributed by atoms with E-state index >= 15 is 0 Å². The van der Waals surface area contributed by atoms with E-state index in [9.17, 15) is 8.42 Å². The summed E-state index contributed by atoms with van der Waals surface area (Å²) < 4.78 is 28.1. The highest BCUT2D eigenvalue weighted by molar-refractivity contribution is 7.90. The monoisotopic (exact) mass is 305 g/mol. The molecule has 21 heavy (non-hydrogen) atoms. The average Bonchev–Trinajstić information content (AvgIpc) is 2.45. The second kappa shape index (κ2) is 5.87. The summed E-state index contributed by atoms with van der Waals surface area (Å²) in [6.45, 7) is 1.96. The summed E-state index contributed by atoms with van der Waals surface area (Å²) in [4.78, 5) is 0.296. The molecule has 2 rings (SSSR count). The van der Waals surface area contributed by atoms with E-state index in [4.69, 9.17) is 10.5 Å². The van der Waals surface area contributed by atoms with Gasteiger partial charge in [-0.05, 0) is 41.8 Å². The van der Waals surface area contributed by atoms with Crippen molar-refractivity contribution in [2.75, 3.05) is 13.4 Å². The first-order chi connectivity index (χ1) is 9.82. The summed E-state index contributed by atoms with van der Waals surface area (Å²) in [6.07, 6.45) is 1.19. The zero-order valence-electron chi connectivity index (χ0n) is 12.3. The van der Waals surface area contributed by atoms with Crippen molar-refractivity contribution >= 4 is 9.84 Å². The molecule has 2 aromatic carbocycles. The molecule has 1 atom stereocenters. The second-order valence-corrected chi connectivity index (χ2v) is 7.06. The lowest BCUT2D eigenvalue weighted by molar-refractivity contribution is 0.411. The Balaban J connectivity index is 2.31. The van der Waals surface area contributed by atoms with Gasteiger partial charge in [-0.2, -0.15) is 0 Å². The van der Waals surface area contributed by atoms with Crippen molar-refractivity contribution in [3.05, 3.63) is 59.2 Å². The number of ether oxygens (including phenoxy) is 1. The van der Waals surface area contributed by atoms with E-state index in [-0.39, 0.29) is 6.04 Å². The van der Waals surface area contributed by atoms with E-state index in [0.29, 0.717) is 4.90 Å². The molecule has 0 aliphatic heterocycles. The van der Waals surface area contributed by atoms with E-state index in [1.54, 1.807) is 31.4 Å². The van der Waals surface area contributed by atoms with Crippen LogP contribution in [0.15, 0.2) is 47.4 Å². The van der Waals surface area contributed by atoms with Crippen LogP contribution in [-0.4, -0.2) is 21.8 Å². The minimum absolute atomic E-state index is 0.296. The lowest BCUT2D eigenvalue weighted by Crippen LogP contribution is -2.12. The first-order valence-electron chi connectivity index (χ1n) is 6.53. The van der Waals surface area contributed by atoms with E-state index in [1.807, 2.05) is 25.1 Å². The third kappa shape index (κ3) is 3.43. The molecule has 4 nitrogen and oxygen atoms in total. The molecule has 0 bridgehead atoms. The van der Waals surface area contributed by atoms with Gasteiger partial charge in [0.05, 0.1) is 18.0 Å². The van der Waals surface area contributed by atoms with Crippen LogP contribution in [0.3, 0.4) is 0 Å². The average molecular weight is 305 g/mol. The standard InChI is InChI=1S/C16H19NO3S/c1-11-10-13(6-9-15(11)20-2)16(17)12-4-7-14(8-5-12)21(3,18)19/h4-10,16H,17H2,1-3H3. The zero-order valence-corrected chi connectivity index (χ0v) is 13.1. The molecule has 0 saturated carbocycles. The van der Waals surface area contributed by atoms with Crippen molar-refractivity contribution < 1.29 is 13.2 Å². The molecule has 1 unspecified atom stereocenters. The molecule has 112 valence electrons. The van der Waals surface area contributed by atoms with Crippen molar-refractivity contribution in [2.45, 2.75) is 17.9 Å². The van der Waals surface area contributed by atoms with Crippen molar-refractivity contribution in [3.63, 3.8) is 0 Å². The van der Waals surface area contributed by atoms with Crippen LogP contribution in [-0.2, 0) is 9.84 Å². The fourth-order valence-electron chi connectivity index (χ4n) is 2.21. The number of benzene rings is 2. The molecule has 2 N–H and O–H groups in total. The highest BCUT2D eigenvalue weighted by Crippen LogP contribution is 2.25. The van der Waals surface area contributed by atoms with Gasteiger partial charge in [-0.25, -0.2) is 8.42 Å². The molecule has 0 spiro atoms. The number of methoxy groups -OCH3 is 1. The number of rotatable bonds is 4. The predicted octanol–water partition coefficient (Wildman–Crippen LogP) is 2.46. The van der Waals surface area contributed by atoms with Gasteiger partial charge in [-0.1, -0.05) is 24.3 Å². The van der Waals surface area contributed by atoms with Crippen molar-refractivity contribution in [1.29, 1.82) is 0 Å². The molecule has 0 fully saturated rings. The maximum absolute atomic E-state index is 11.5. The molecule has 0 amide bonds. The van der Waals surface area contributed by atoms with E-state index in [2.05, 4.69) is 0 Å². The molecular formula is C16H19NO3S. The third-order valence-electron chi connectivity index (χ3n) is 3.45.